The summed E-state index contributed by atoms with van der Waals surface area (Å²) in [6.07, 6.45) is 2.23. The van der Waals surface area contributed by atoms with E-state index < -0.39 is 23.9 Å². The summed E-state index contributed by atoms with van der Waals surface area (Å²) in [4.78, 5) is 40.3. The lowest BCUT2D eigenvalue weighted by atomic mass is 10.4. The average Bonchev–Trinajstić information content (AvgIpc) is 3.37. The van der Waals surface area contributed by atoms with Gasteiger partial charge in [0.15, 0.2) is 0 Å². The van der Waals surface area contributed by atoms with Gasteiger partial charge in [-0.1, -0.05) is 0 Å². The SMILES string of the molecule is Cc1nnc(NCCSCc2ccc(CN(C)C)o2)n1C.O=C(O)C=CC(=O)O.O=C(O)C=CC(=O)O. The van der Waals surface area contributed by atoms with Crippen molar-refractivity contribution < 1.29 is 44.0 Å². The molecular weight excluding hydrogens is 510 g/mol. The first-order chi connectivity index (χ1) is 17.3. The number of aromatic nitrogens is 3. The molecule has 0 aliphatic heterocycles. The summed E-state index contributed by atoms with van der Waals surface area (Å²) in [7, 11) is 6.04. The van der Waals surface area contributed by atoms with E-state index in [-0.39, 0.29) is 0 Å². The highest BCUT2D eigenvalue weighted by Gasteiger charge is 2.05. The number of nitrogens with one attached hydrogen (secondary N) is 1. The van der Waals surface area contributed by atoms with Crippen LogP contribution < -0.4 is 5.32 Å². The summed E-state index contributed by atoms with van der Waals surface area (Å²) in [6.45, 7) is 3.65. The summed E-state index contributed by atoms with van der Waals surface area (Å²) in [6, 6.07) is 4.11. The van der Waals surface area contributed by atoms with Crippen LogP contribution in [0.15, 0.2) is 40.9 Å². The molecule has 0 saturated heterocycles. The van der Waals surface area contributed by atoms with Crippen molar-refractivity contribution in [2.75, 3.05) is 31.7 Å². The maximum Gasteiger partial charge on any atom is 0.328 e. The quantitative estimate of drug-likeness (QED) is 0.191. The zero-order valence-corrected chi connectivity index (χ0v) is 21.6. The molecule has 0 radical (unpaired) electrons. The van der Waals surface area contributed by atoms with Crippen LogP contribution in [0.5, 0.6) is 0 Å². The minimum Gasteiger partial charge on any atom is -0.478 e. The van der Waals surface area contributed by atoms with Crippen molar-refractivity contribution in [2.24, 2.45) is 7.05 Å². The Bertz CT molecular complexity index is 1010. The lowest BCUT2D eigenvalue weighted by Crippen LogP contribution is -2.09. The van der Waals surface area contributed by atoms with Gasteiger partial charge in [-0.25, -0.2) is 19.2 Å². The van der Waals surface area contributed by atoms with E-state index in [1.807, 2.05) is 44.4 Å². The molecule has 0 saturated carbocycles. The molecule has 0 unspecified atom stereocenters. The van der Waals surface area contributed by atoms with Crippen molar-refractivity contribution >= 4 is 41.6 Å². The van der Waals surface area contributed by atoms with Crippen LogP contribution in [0.25, 0.3) is 0 Å². The topological polar surface area (TPSA) is 208 Å². The second kappa shape index (κ2) is 18.2. The van der Waals surface area contributed by atoms with Gasteiger partial charge in [-0.2, -0.15) is 11.8 Å². The zero-order valence-electron chi connectivity index (χ0n) is 20.8. The molecule has 0 aliphatic carbocycles. The van der Waals surface area contributed by atoms with Crippen LogP contribution in [0, 0.1) is 6.92 Å². The van der Waals surface area contributed by atoms with E-state index in [0.29, 0.717) is 24.3 Å². The minimum atomic E-state index is -1.26. The second-order valence-electron chi connectivity index (χ2n) is 7.23. The minimum absolute atomic E-state index is 0.558. The van der Waals surface area contributed by atoms with Gasteiger partial charge >= 0.3 is 23.9 Å². The number of rotatable bonds is 12. The molecule has 0 bridgehead atoms. The van der Waals surface area contributed by atoms with Crippen molar-refractivity contribution in [3.05, 3.63) is 53.8 Å². The number of nitrogens with zero attached hydrogens (tertiary/aromatic N) is 4. The number of furan rings is 1. The highest BCUT2D eigenvalue weighted by atomic mass is 32.2. The van der Waals surface area contributed by atoms with Crippen LogP contribution in [0.2, 0.25) is 0 Å². The average molecular weight is 542 g/mol. The monoisotopic (exact) mass is 541 g/mol. The number of hydrogen-bond acceptors (Lipinski definition) is 10. The maximum atomic E-state index is 9.55. The Morgan fingerprint density at radius 2 is 1.43 bits per heavy atom. The van der Waals surface area contributed by atoms with Gasteiger partial charge in [0.1, 0.15) is 17.3 Å². The second-order valence-corrected chi connectivity index (χ2v) is 8.34. The highest BCUT2D eigenvalue weighted by Crippen LogP contribution is 2.16. The predicted molar refractivity (Wildman–Crippen MR) is 135 cm³/mol. The molecule has 0 spiro atoms. The summed E-state index contributed by atoms with van der Waals surface area (Å²) in [5.74, 6) is 0.644. The normalized spacial score (nSPS) is 10.5. The fourth-order valence-corrected chi connectivity index (χ4v) is 2.90. The molecule has 2 aromatic heterocycles. The number of hydrogen-bond donors (Lipinski definition) is 5. The fraction of sp³-hybridized carbons (Fsp3) is 0.364. The Labute approximate surface area is 217 Å². The zero-order chi connectivity index (χ0) is 28.4. The van der Waals surface area contributed by atoms with Gasteiger partial charge in [0.05, 0.1) is 12.3 Å². The largest absolute Gasteiger partial charge is 0.478 e. The number of carboxylic acid groups (broad SMARTS) is 4. The van der Waals surface area contributed by atoms with Gasteiger partial charge in [-0.15, -0.1) is 10.2 Å². The van der Waals surface area contributed by atoms with Gasteiger partial charge in [0.25, 0.3) is 0 Å². The Hall–Kier alpha value is -4.11. The first-order valence-corrected chi connectivity index (χ1v) is 11.6. The Kier molecular flexibility index (Phi) is 16.2. The number of carboxylic acids is 4. The number of carbonyl (C=O) groups is 4. The first-order valence-electron chi connectivity index (χ1n) is 10.5. The van der Waals surface area contributed by atoms with E-state index in [9.17, 15) is 19.2 Å². The third kappa shape index (κ3) is 17.9. The fourth-order valence-electron chi connectivity index (χ4n) is 2.15. The van der Waals surface area contributed by atoms with E-state index in [2.05, 4.69) is 32.5 Å². The molecule has 2 heterocycles. The summed E-state index contributed by atoms with van der Waals surface area (Å²) in [5, 5.41) is 42.6. The Morgan fingerprint density at radius 3 is 1.84 bits per heavy atom. The van der Waals surface area contributed by atoms with Crippen molar-refractivity contribution in [3.63, 3.8) is 0 Å². The van der Waals surface area contributed by atoms with Gasteiger partial charge in [0.2, 0.25) is 5.95 Å². The van der Waals surface area contributed by atoms with Crippen molar-refractivity contribution in [1.29, 1.82) is 0 Å². The van der Waals surface area contributed by atoms with Gasteiger partial charge < -0.3 is 39.6 Å². The van der Waals surface area contributed by atoms with Crippen LogP contribution in [0.1, 0.15) is 17.3 Å². The van der Waals surface area contributed by atoms with Gasteiger partial charge in [-0.05, 0) is 33.2 Å². The van der Waals surface area contributed by atoms with E-state index in [1.165, 1.54) is 0 Å². The molecule has 204 valence electrons. The van der Waals surface area contributed by atoms with Crippen LogP contribution in [0.4, 0.5) is 5.95 Å². The molecule has 0 atom stereocenters. The molecular formula is C22H31N5O9S. The van der Waals surface area contributed by atoms with Crippen molar-refractivity contribution in [2.45, 2.75) is 19.2 Å². The van der Waals surface area contributed by atoms with Gasteiger partial charge in [0, 0.05) is 43.6 Å². The maximum absolute atomic E-state index is 9.55. The Morgan fingerprint density at radius 1 is 0.946 bits per heavy atom. The lowest BCUT2D eigenvalue weighted by molar-refractivity contribution is -0.134. The van der Waals surface area contributed by atoms with Crippen LogP contribution >= 0.6 is 11.8 Å². The molecule has 2 aromatic rings. The van der Waals surface area contributed by atoms with E-state index in [1.54, 1.807) is 0 Å². The number of aliphatic carboxylic acids is 4. The van der Waals surface area contributed by atoms with Crippen LogP contribution in [-0.4, -0.2) is 90.4 Å². The molecule has 37 heavy (non-hydrogen) atoms. The first kappa shape index (κ1) is 32.9. The molecule has 5 N–H and O–H groups in total. The summed E-state index contributed by atoms with van der Waals surface area (Å²) < 4.78 is 7.72. The molecule has 0 amide bonds. The van der Waals surface area contributed by atoms with E-state index in [0.717, 1.165) is 47.9 Å². The molecule has 0 fully saturated rings. The molecule has 0 aromatic carbocycles. The summed E-state index contributed by atoms with van der Waals surface area (Å²) >= 11 is 1.84. The van der Waals surface area contributed by atoms with Crippen molar-refractivity contribution in [1.82, 2.24) is 19.7 Å². The highest BCUT2D eigenvalue weighted by molar-refractivity contribution is 7.98. The molecule has 2 rings (SSSR count). The molecule has 15 heteroatoms. The lowest BCUT2D eigenvalue weighted by Gasteiger charge is -2.06. The standard InChI is InChI=1S/C14H23N5OS.2C4H4O4/c1-11-16-17-14(19(11)4)15-7-8-21-10-13-6-5-12(20-13)9-18(2)3;2*5-3(6)1-2-4(7)8/h5-6H,7-10H2,1-4H3,(H,15,17);2*1-2H,(H,5,6)(H,7,8). The Balaban J connectivity index is 0.000000669. The summed E-state index contributed by atoms with van der Waals surface area (Å²) in [5.41, 5.74) is 0. The van der Waals surface area contributed by atoms with E-state index >= 15 is 0 Å². The molecule has 14 nitrogen and oxygen atoms in total. The van der Waals surface area contributed by atoms with E-state index in [4.69, 9.17) is 24.8 Å². The number of anilines is 1. The predicted octanol–water partition coefficient (Wildman–Crippen LogP) is 1.55. The number of aryl methyl sites for hydroxylation is 1. The molecule has 0 aliphatic rings. The smallest absolute Gasteiger partial charge is 0.328 e. The third-order valence-electron chi connectivity index (χ3n) is 3.79. The van der Waals surface area contributed by atoms with Gasteiger partial charge in [-0.3, -0.25) is 0 Å². The number of thioether (sulfide) groups is 1. The van der Waals surface area contributed by atoms with Crippen LogP contribution in [0.3, 0.4) is 0 Å². The van der Waals surface area contributed by atoms with Crippen LogP contribution in [-0.2, 0) is 38.5 Å². The third-order valence-corrected chi connectivity index (χ3v) is 4.77. The van der Waals surface area contributed by atoms with Crippen molar-refractivity contribution in [3.8, 4) is 0 Å².